The summed E-state index contributed by atoms with van der Waals surface area (Å²) in [5.74, 6) is -0.100. The van der Waals surface area contributed by atoms with E-state index in [1.165, 1.54) is 39.3 Å². The van der Waals surface area contributed by atoms with E-state index in [4.69, 9.17) is 14.2 Å². The molecule has 2 N–H and O–H groups in total. The Morgan fingerprint density at radius 2 is 1.82 bits per heavy atom. The van der Waals surface area contributed by atoms with E-state index in [1.54, 1.807) is 6.07 Å². The van der Waals surface area contributed by atoms with Crippen molar-refractivity contribution in [2.45, 2.75) is 11.8 Å². The Morgan fingerprint density at radius 3 is 2.39 bits per heavy atom. The van der Waals surface area contributed by atoms with Crippen molar-refractivity contribution in [2.75, 3.05) is 32.8 Å². The first-order valence-electron chi connectivity index (χ1n) is 7.90. The number of nitrogens with one attached hydrogen (secondary N) is 2. The van der Waals surface area contributed by atoms with Crippen molar-refractivity contribution in [1.29, 1.82) is 0 Å². The van der Waals surface area contributed by atoms with Crippen LogP contribution >= 0.6 is 0 Å². The molecule has 0 bridgehead atoms. The molecule has 0 radical (unpaired) electrons. The van der Waals surface area contributed by atoms with Crippen molar-refractivity contribution in [3.8, 4) is 17.5 Å². The molecule has 10 nitrogen and oxygen atoms in total. The van der Waals surface area contributed by atoms with Gasteiger partial charge >= 0.3 is 6.03 Å². The third-order valence-electron chi connectivity index (χ3n) is 3.33. The maximum absolute atomic E-state index is 12.6. The third kappa shape index (κ3) is 5.19. The first-order chi connectivity index (χ1) is 13.3. The minimum atomic E-state index is -4.33. The third-order valence-corrected chi connectivity index (χ3v) is 4.84. The number of halogens is 1. The predicted octanol–water partition coefficient (Wildman–Crippen LogP) is 1.66. The van der Waals surface area contributed by atoms with Gasteiger partial charge in [0.2, 0.25) is 17.7 Å². The van der Waals surface area contributed by atoms with Gasteiger partial charge in [-0.25, -0.2) is 22.3 Å². The average Bonchev–Trinajstić information content (AvgIpc) is 2.65. The predicted molar refractivity (Wildman–Crippen MR) is 97.1 cm³/mol. The highest BCUT2D eigenvalue weighted by molar-refractivity contribution is 7.90. The molecule has 12 heteroatoms. The van der Waals surface area contributed by atoms with Gasteiger partial charge in [0.15, 0.2) is 0 Å². The molecule has 0 aliphatic heterocycles. The molecule has 0 unspecified atom stereocenters. The number of anilines is 1. The molecule has 152 valence electrons. The number of carbonyl (C=O) groups is 1. The van der Waals surface area contributed by atoms with Crippen molar-refractivity contribution in [3.05, 3.63) is 29.8 Å². The SMILES string of the molecule is COc1cc(OC)nc(NC(=O)NS(=O)(=O)c2c(C)cccc2OCCF)n1. The number of urea groups is 1. The molecule has 0 aliphatic rings. The number of aromatic nitrogens is 2. The molecule has 1 heterocycles. The summed E-state index contributed by atoms with van der Waals surface area (Å²) >= 11 is 0. The zero-order valence-corrected chi connectivity index (χ0v) is 16.2. The molecule has 0 aliphatic carbocycles. The average molecular weight is 414 g/mol. The van der Waals surface area contributed by atoms with Gasteiger partial charge < -0.3 is 14.2 Å². The molecule has 1 aromatic carbocycles. The number of nitrogens with zero attached hydrogens (tertiary/aromatic N) is 2. The van der Waals surface area contributed by atoms with Crippen LogP contribution in [-0.4, -0.2) is 51.9 Å². The lowest BCUT2D eigenvalue weighted by Crippen LogP contribution is -2.35. The van der Waals surface area contributed by atoms with E-state index in [2.05, 4.69) is 15.3 Å². The minimum Gasteiger partial charge on any atom is -0.489 e. The molecular formula is C16H19FN4O6S. The van der Waals surface area contributed by atoms with E-state index in [-0.39, 0.29) is 35.0 Å². The lowest BCUT2D eigenvalue weighted by Gasteiger charge is -2.14. The Bertz CT molecular complexity index is 932. The van der Waals surface area contributed by atoms with Gasteiger partial charge in [0.1, 0.15) is 23.9 Å². The van der Waals surface area contributed by atoms with Gasteiger partial charge in [0.05, 0.1) is 20.3 Å². The number of sulfonamides is 1. The number of carbonyl (C=O) groups excluding carboxylic acids is 1. The summed E-state index contributed by atoms with van der Waals surface area (Å²) in [4.78, 5) is 19.6. The lowest BCUT2D eigenvalue weighted by atomic mass is 10.2. The van der Waals surface area contributed by atoms with Crippen LogP contribution in [0.25, 0.3) is 0 Å². The lowest BCUT2D eigenvalue weighted by molar-refractivity contribution is 0.256. The van der Waals surface area contributed by atoms with Crippen LogP contribution in [0.2, 0.25) is 0 Å². The van der Waals surface area contributed by atoms with Crippen LogP contribution in [0.1, 0.15) is 5.56 Å². The molecule has 0 saturated carbocycles. The first kappa shape index (κ1) is 21.2. The fraction of sp³-hybridized carbons (Fsp3) is 0.312. The molecular weight excluding hydrogens is 395 g/mol. The number of ether oxygens (including phenoxy) is 3. The van der Waals surface area contributed by atoms with Crippen molar-refractivity contribution in [2.24, 2.45) is 0 Å². The summed E-state index contributed by atoms with van der Waals surface area (Å²) in [6, 6.07) is 4.70. The fourth-order valence-corrected chi connectivity index (χ4v) is 3.48. The molecule has 0 saturated heterocycles. The highest BCUT2D eigenvalue weighted by atomic mass is 32.2. The van der Waals surface area contributed by atoms with Crippen molar-refractivity contribution in [1.82, 2.24) is 14.7 Å². The van der Waals surface area contributed by atoms with Crippen molar-refractivity contribution >= 4 is 22.0 Å². The highest BCUT2D eigenvalue weighted by Gasteiger charge is 2.25. The van der Waals surface area contributed by atoms with E-state index in [0.717, 1.165) is 0 Å². The Balaban J connectivity index is 2.24. The minimum absolute atomic E-state index is 0.0720. The summed E-state index contributed by atoms with van der Waals surface area (Å²) in [5, 5.41) is 2.19. The molecule has 1 aromatic heterocycles. The molecule has 0 fully saturated rings. The van der Waals surface area contributed by atoms with Gasteiger partial charge in [-0.2, -0.15) is 9.97 Å². The van der Waals surface area contributed by atoms with E-state index in [0.29, 0.717) is 5.56 Å². The quantitative estimate of drug-likeness (QED) is 0.667. The van der Waals surface area contributed by atoms with Gasteiger partial charge in [-0.15, -0.1) is 0 Å². The number of hydrogen-bond donors (Lipinski definition) is 2. The second-order valence-corrected chi connectivity index (χ2v) is 6.89. The topological polar surface area (TPSA) is 129 Å². The summed E-state index contributed by atoms with van der Waals surface area (Å²) in [6.45, 7) is 0.400. The molecule has 0 atom stereocenters. The summed E-state index contributed by atoms with van der Waals surface area (Å²) < 4.78 is 54.6. The van der Waals surface area contributed by atoms with Crippen molar-refractivity contribution < 1.29 is 31.8 Å². The van der Waals surface area contributed by atoms with Gasteiger partial charge in [-0.3, -0.25) is 5.32 Å². The van der Waals surface area contributed by atoms with Crippen LogP contribution in [0, 0.1) is 6.92 Å². The Kier molecular flexibility index (Phi) is 6.93. The number of hydrogen-bond acceptors (Lipinski definition) is 8. The summed E-state index contributed by atoms with van der Waals surface area (Å²) in [7, 11) is -1.62. The largest absolute Gasteiger partial charge is 0.489 e. The maximum atomic E-state index is 12.6. The van der Waals surface area contributed by atoms with Crippen LogP contribution in [0.5, 0.6) is 17.5 Å². The number of aryl methyl sites for hydroxylation is 1. The van der Waals surface area contributed by atoms with Crippen LogP contribution in [0.3, 0.4) is 0 Å². The van der Waals surface area contributed by atoms with Gasteiger partial charge in [0, 0.05) is 0 Å². The molecule has 2 amide bonds. The Morgan fingerprint density at radius 1 is 1.18 bits per heavy atom. The molecule has 2 rings (SSSR count). The standard InChI is InChI=1S/C16H19FN4O6S/c1-10-5-4-6-11(27-8-7-17)14(10)28(23,24)21-16(22)20-15-18-12(25-2)9-13(19-15)26-3/h4-6,9H,7-8H2,1-3H3,(H2,18,19,20,21,22). The van der Waals surface area contributed by atoms with Crippen LogP contribution < -0.4 is 24.2 Å². The van der Waals surface area contributed by atoms with E-state index >= 15 is 0 Å². The summed E-state index contributed by atoms with van der Waals surface area (Å²) in [5.41, 5.74) is 0.316. The zero-order valence-electron chi connectivity index (χ0n) is 15.4. The van der Waals surface area contributed by atoms with E-state index in [9.17, 15) is 17.6 Å². The van der Waals surface area contributed by atoms with Crippen LogP contribution in [-0.2, 0) is 10.0 Å². The van der Waals surface area contributed by atoms with Gasteiger partial charge in [0.25, 0.3) is 10.0 Å². The zero-order chi connectivity index (χ0) is 20.7. The first-order valence-corrected chi connectivity index (χ1v) is 9.38. The second-order valence-electron chi connectivity index (χ2n) is 5.28. The number of alkyl halides is 1. The number of benzene rings is 1. The smallest absolute Gasteiger partial charge is 0.335 e. The van der Waals surface area contributed by atoms with Crippen molar-refractivity contribution in [3.63, 3.8) is 0 Å². The monoisotopic (exact) mass is 414 g/mol. The van der Waals surface area contributed by atoms with Crippen LogP contribution in [0.15, 0.2) is 29.2 Å². The number of methoxy groups -OCH3 is 2. The maximum Gasteiger partial charge on any atom is 0.335 e. The highest BCUT2D eigenvalue weighted by Crippen LogP contribution is 2.27. The van der Waals surface area contributed by atoms with Crippen LogP contribution in [0.4, 0.5) is 15.1 Å². The fourth-order valence-electron chi connectivity index (χ4n) is 2.20. The van der Waals surface area contributed by atoms with Gasteiger partial charge in [-0.1, -0.05) is 12.1 Å². The number of rotatable bonds is 8. The molecule has 28 heavy (non-hydrogen) atoms. The molecule has 2 aromatic rings. The molecule has 0 spiro atoms. The Hall–Kier alpha value is -3.15. The summed E-state index contributed by atoms with van der Waals surface area (Å²) in [6.07, 6.45) is 0. The van der Waals surface area contributed by atoms with E-state index < -0.39 is 22.7 Å². The second kappa shape index (κ2) is 9.17. The normalized spacial score (nSPS) is 10.9. The van der Waals surface area contributed by atoms with E-state index in [1.807, 2.05) is 4.72 Å². The Labute approximate surface area is 161 Å². The number of amides is 2. The van der Waals surface area contributed by atoms with Gasteiger partial charge in [-0.05, 0) is 18.6 Å².